The van der Waals surface area contributed by atoms with Gasteiger partial charge < -0.3 is 10.2 Å². The van der Waals surface area contributed by atoms with Crippen molar-refractivity contribution in [2.24, 2.45) is 0 Å². The molecule has 0 unspecified atom stereocenters. The summed E-state index contributed by atoms with van der Waals surface area (Å²) in [6.07, 6.45) is 1.71. The van der Waals surface area contributed by atoms with E-state index in [1.807, 2.05) is 60.7 Å². The van der Waals surface area contributed by atoms with E-state index in [2.05, 4.69) is 29.4 Å². The summed E-state index contributed by atoms with van der Waals surface area (Å²) in [6, 6.07) is 23.3. The number of amides is 1. The number of pyridine rings is 1. The third-order valence-electron chi connectivity index (χ3n) is 4.12. The lowest BCUT2D eigenvalue weighted by Gasteiger charge is -2.20. The first-order chi connectivity index (χ1) is 12.1. The van der Waals surface area contributed by atoms with Crippen LogP contribution in [0.3, 0.4) is 0 Å². The van der Waals surface area contributed by atoms with Crippen LogP contribution in [0.15, 0.2) is 79.0 Å². The second kappa shape index (κ2) is 7.62. The molecule has 4 heteroatoms. The minimum atomic E-state index is -0.0474. The average Bonchev–Trinajstić information content (AvgIpc) is 2.68. The molecule has 1 N–H and O–H groups in total. The molecule has 1 atom stereocenters. The molecule has 126 valence electrons. The SMILES string of the molecule is C[C@H](Nc1cc(N(C)C(=O)c2ccccc2)ccn1)c1ccccc1. The fourth-order valence-electron chi connectivity index (χ4n) is 2.65. The highest BCUT2D eigenvalue weighted by Crippen LogP contribution is 2.22. The topological polar surface area (TPSA) is 45.2 Å². The maximum absolute atomic E-state index is 12.6. The van der Waals surface area contributed by atoms with E-state index in [1.165, 1.54) is 5.56 Å². The standard InChI is InChI=1S/C21H21N3O/c1-16(17-9-5-3-6-10-17)23-20-15-19(13-14-22-20)24(2)21(25)18-11-7-4-8-12-18/h3-16H,1-2H3,(H,22,23)/t16-/m0/s1. The van der Waals surface area contributed by atoms with Crippen LogP contribution in [0.1, 0.15) is 28.9 Å². The van der Waals surface area contributed by atoms with Gasteiger partial charge in [0, 0.05) is 36.6 Å². The van der Waals surface area contributed by atoms with Crippen molar-refractivity contribution in [1.82, 2.24) is 4.98 Å². The summed E-state index contributed by atoms with van der Waals surface area (Å²) in [7, 11) is 1.77. The molecule has 1 aromatic heterocycles. The Morgan fingerprint density at radius 1 is 1.00 bits per heavy atom. The molecule has 2 aromatic carbocycles. The fraction of sp³-hybridized carbons (Fsp3) is 0.143. The zero-order valence-corrected chi connectivity index (χ0v) is 14.4. The number of anilines is 2. The van der Waals surface area contributed by atoms with Crippen molar-refractivity contribution in [3.05, 3.63) is 90.1 Å². The van der Waals surface area contributed by atoms with Gasteiger partial charge in [-0.3, -0.25) is 4.79 Å². The molecule has 3 rings (SSSR count). The van der Waals surface area contributed by atoms with Gasteiger partial charge in [0.15, 0.2) is 0 Å². The minimum Gasteiger partial charge on any atom is -0.363 e. The van der Waals surface area contributed by atoms with Crippen LogP contribution < -0.4 is 10.2 Å². The van der Waals surface area contributed by atoms with Gasteiger partial charge in [-0.15, -0.1) is 0 Å². The van der Waals surface area contributed by atoms with E-state index in [1.54, 1.807) is 18.1 Å². The van der Waals surface area contributed by atoms with Crippen molar-refractivity contribution in [1.29, 1.82) is 0 Å². The average molecular weight is 331 g/mol. The zero-order valence-electron chi connectivity index (χ0n) is 14.4. The van der Waals surface area contributed by atoms with Gasteiger partial charge in [0.2, 0.25) is 0 Å². The van der Waals surface area contributed by atoms with Gasteiger partial charge in [-0.1, -0.05) is 48.5 Å². The van der Waals surface area contributed by atoms with Gasteiger partial charge in [0.25, 0.3) is 5.91 Å². The number of nitrogens with one attached hydrogen (secondary N) is 1. The number of nitrogens with zero attached hydrogens (tertiary/aromatic N) is 2. The van der Waals surface area contributed by atoms with E-state index in [4.69, 9.17) is 0 Å². The molecule has 0 saturated carbocycles. The van der Waals surface area contributed by atoms with Gasteiger partial charge in [0.1, 0.15) is 5.82 Å². The summed E-state index contributed by atoms with van der Waals surface area (Å²) in [5, 5.41) is 3.38. The molecule has 1 heterocycles. The summed E-state index contributed by atoms with van der Waals surface area (Å²) in [5.74, 6) is 0.690. The third kappa shape index (κ3) is 4.04. The smallest absolute Gasteiger partial charge is 0.258 e. The number of carbonyl (C=O) groups excluding carboxylic acids is 1. The second-order valence-corrected chi connectivity index (χ2v) is 5.91. The van der Waals surface area contributed by atoms with Gasteiger partial charge in [0.05, 0.1) is 0 Å². The number of benzene rings is 2. The van der Waals surface area contributed by atoms with Gasteiger partial charge in [-0.05, 0) is 30.7 Å². The van der Waals surface area contributed by atoms with Crippen LogP contribution >= 0.6 is 0 Å². The Kier molecular flexibility index (Phi) is 5.09. The minimum absolute atomic E-state index is 0.0474. The number of carbonyl (C=O) groups is 1. The Hall–Kier alpha value is -3.14. The van der Waals surface area contributed by atoms with Crippen LogP contribution in [0, 0.1) is 0 Å². The van der Waals surface area contributed by atoms with Gasteiger partial charge >= 0.3 is 0 Å². The van der Waals surface area contributed by atoms with Crippen LogP contribution in [0.25, 0.3) is 0 Å². The van der Waals surface area contributed by atoms with E-state index in [-0.39, 0.29) is 11.9 Å². The lowest BCUT2D eigenvalue weighted by Crippen LogP contribution is -2.26. The number of aromatic nitrogens is 1. The largest absolute Gasteiger partial charge is 0.363 e. The molecular weight excluding hydrogens is 310 g/mol. The Morgan fingerprint density at radius 2 is 1.64 bits per heavy atom. The molecule has 0 bridgehead atoms. The molecule has 0 aliphatic rings. The van der Waals surface area contributed by atoms with Crippen LogP contribution in [-0.4, -0.2) is 17.9 Å². The van der Waals surface area contributed by atoms with E-state index in [9.17, 15) is 4.79 Å². The highest BCUT2D eigenvalue weighted by Gasteiger charge is 2.14. The maximum Gasteiger partial charge on any atom is 0.258 e. The Morgan fingerprint density at radius 3 is 2.32 bits per heavy atom. The van der Waals surface area contributed by atoms with E-state index >= 15 is 0 Å². The fourth-order valence-corrected chi connectivity index (χ4v) is 2.65. The van der Waals surface area contributed by atoms with Crippen molar-refractivity contribution in [2.45, 2.75) is 13.0 Å². The van der Waals surface area contributed by atoms with Crippen LogP contribution in [0.4, 0.5) is 11.5 Å². The normalized spacial score (nSPS) is 11.6. The summed E-state index contributed by atoms with van der Waals surface area (Å²) in [5.41, 5.74) is 2.64. The molecular formula is C21H21N3O. The molecule has 0 spiro atoms. The number of hydrogen-bond acceptors (Lipinski definition) is 3. The first-order valence-electron chi connectivity index (χ1n) is 8.26. The molecule has 0 aliphatic heterocycles. The Bertz CT molecular complexity index is 834. The molecule has 1 amide bonds. The lowest BCUT2D eigenvalue weighted by atomic mass is 10.1. The Labute approximate surface area is 148 Å². The second-order valence-electron chi connectivity index (χ2n) is 5.91. The van der Waals surface area contributed by atoms with Crippen molar-refractivity contribution < 1.29 is 4.79 Å². The van der Waals surface area contributed by atoms with Crippen molar-refractivity contribution >= 4 is 17.4 Å². The van der Waals surface area contributed by atoms with Crippen LogP contribution in [0.5, 0.6) is 0 Å². The predicted molar refractivity (Wildman–Crippen MR) is 102 cm³/mol. The summed E-state index contributed by atoms with van der Waals surface area (Å²) < 4.78 is 0. The summed E-state index contributed by atoms with van der Waals surface area (Å²) in [6.45, 7) is 2.09. The third-order valence-corrected chi connectivity index (χ3v) is 4.12. The van der Waals surface area contributed by atoms with Crippen molar-refractivity contribution in [3.8, 4) is 0 Å². The molecule has 0 aliphatic carbocycles. The summed E-state index contributed by atoms with van der Waals surface area (Å²) in [4.78, 5) is 18.6. The first kappa shape index (κ1) is 16.7. The van der Waals surface area contributed by atoms with Crippen molar-refractivity contribution in [2.75, 3.05) is 17.3 Å². The first-order valence-corrected chi connectivity index (χ1v) is 8.26. The molecule has 3 aromatic rings. The zero-order chi connectivity index (χ0) is 17.6. The molecule has 0 fully saturated rings. The lowest BCUT2D eigenvalue weighted by molar-refractivity contribution is 0.0993. The molecule has 25 heavy (non-hydrogen) atoms. The maximum atomic E-state index is 12.6. The van der Waals surface area contributed by atoms with E-state index in [0.717, 1.165) is 11.5 Å². The highest BCUT2D eigenvalue weighted by molar-refractivity contribution is 6.05. The van der Waals surface area contributed by atoms with Gasteiger partial charge in [-0.2, -0.15) is 0 Å². The van der Waals surface area contributed by atoms with Crippen molar-refractivity contribution in [3.63, 3.8) is 0 Å². The summed E-state index contributed by atoms with van der Waals surface area (Å²) >= 11 is 0. The van der Waals surface area contributed by atoms with Crippen LogP contribution in [0.2, 0.25) is 0 Å². The monoisotopic (exact) mass is 331 g/mol. The van der Waals surface area contributed by atoms with E-state index in [0.29, 0.717) is 5.56 Å². The van der Waals surface area contributed by atoms with Crippen LogP contribution in [-0.2, 0) is 0 Å². The van der Waals surface area contributed by atoms with E-state index < -0.39 is 0 Å². The molecule has 4 nitrogen and oxygen atoms in total. The Balaban J connectivity index is 1.76. The quantitative estimate of drug-likeness (QED) is 0.747. The predicted octanol–water partition coefficient (Wildman–Crippen LogP) is 4.53. The number of rotatable bonds is 5. The molecule has 0 radical (unpaired) electrons. The number of hydrogen-bond donors (Lipinski definition) is 1. The molecule has 0 saturated heterocycles. The van der Waals surface area contributed by atoms with Gasteiger partial charge in [-0.25, -0.2) is 4.98 Å². The highest BCUT2D eigenvalue weighted by atomic mass is 16.2.